The first-order valence-corrected chi connectivity index (χ1v) is 8.17. The zero-order valence-corrected chi connectivity index (χ0v) is 14.6. The number of ether oxygens (including phenoxy) is 1. The van der Waals surface area contributed by atoms with Crippen LogP contribution in [-0.2, 0) is 0 Å². The minimum absolute atomic E-state index is 0. The topological polar surface area (TPSA) is 50.4 Å². The smallest absolute Gasteiger partial charge is 0.406 e. The summed E-state index contributed by atoms with van der Waals surface area (Å²) in [6.07, 6.45) is -4.70. The maximum atomic E-state index is 12.1. The number of benzene rings is 1. The average molecular weight is 393 g/mol. The number of carbonyl (C=O) groups is 1. The molecule has 0 unspecified atom stereocenters. The first-order chi connectivity index (χ1) is 11.4. The van der Waals surface area contributed by atoms with Gasteiger partial charge in [-0.05, 0) is 42.0 Å². The fourth-order valence-corrected chi connectivity index (χ4v) is 3.18. The molecule has 4 nitrogen and oxygen atoms in total. The number of hydrogen-bond donors (Lipinski definition) is 2. The Morgan fingerprint density at radius 1 is 1.20 bits per heavy atom. The fourth-order valence-electron chi connectivity index (χ4n) is 2.25. The molecule has 1 saturated heterocycles. The van der Waals surface area contributed by atoms with Crippen LogP contribution < -0.4 is 15.4 Å². The number of hydrogen-bond acceptors (Lipinski definition) is 4. The van der Waals surface area contributed by atoms with Crippen molar-refractivity contribution in [2.75, 3.05) is 19.6 Å². The molecule has 3 rings (SSSR count). The Hall–Kier alpha value is -1.77. The molecule has 0 radical (unpaired) electrons. The summed E-state index contributed by atoms with van der Waals surface area (Å²) in [5, 5.41) is 6.03. The van der Waals surface area contributed by atoms with Crippen LogP contribution in [0.15, 0.2) is 36.4 Å². The van der Waals surface area contributed by atoms with E-state index < -0.39 is 6.36 Å². The number of amides is 1. The summed E-state index contributed by atoms with van der Waals surface area (Å²) in [5.41, 5.74) is 0.733. The van der Waals surface area contributed by atoms with Gasteiger partial charge < -0.3 is 15.4 Å². The van der Waals surface area contributed by atoms with E-state index in [0.29, 0.717) is 17.3 Å². The largest absolute Gasteiger partial charge is 0.573 e. The average Bonchev–Trinajstić information content (AvgIpc) is 2.94. The van der Waals surface area contributed by atoms with E-state index >= 15 is 0 Å². The van der Waals surface area contributed by atoms with Crippen molar-refractivity contribution in [1.29, 1.82) is 0 Å². The maximum Gasteiger partial charge on any atom is 0.573 e. The Morgan fingerprint density at radius 2 is 1.88 bits per heavy atom. The van der Waals surface area contributed by atoms with Gasteiger partial charge in [-0.1, -0.05) is 0 Å². The van der Waals surface area contributed by atoms with Gasteiger partial charge in [-0.3, -0.25) is 4.79 Å². The van der Waals surface area contributed by atoms with Crippen LogP contribution in [0.1, 0.15) is 9.67 Å². The van der Waals surface area contributed by atoms with E-state index in [1.165, 1.54) is 35.6 Å². The molecular weight excluding hydrogens is 377 g/mol. The molecule has 2 aromatic rings. The number of alkyl halides is 3. The van der Waals surface area contributed by atoms with Crippen molar-refractivity contribution in [2.24, 2.45) is 5.92 Å². The molecule has 2 N–H and O–H groups in total. The lowest BCUT2D eigenvalue weighted by Crippen LogP contribution is -2.48. The summed E-state index contributed by atoms with van der Waals surface area (Å²) in [6.45, 7) is 2.48. The second-order valence-electron chi connectivity index (χ2n) is 5.47. The summed E-state index contributed by atoms with van der Waals surface area (Å²) in [6, 6.07) is 9.08. The SMILES string of the molecule is Cl.O=C(NCC1CNC1)c1ccc(-c2ccc(OC(F)(F)F)cc2)s1. The van der Waals surface area contributed by atoms with Crippen LogP contribution in [0.5, 0.6) is 5.75 Å². The molecule has 2 heterocycles. The van der Waals surface area contributed by atoms with Crippen molar-refractivity contribution in [3.05, 3.63) is 41.3 Å². The summed E-state index contributed by atoms with van der Waals surface area (Å²) in [5.74, 6) is 0.0830. The van der Waals surface area contributed by atoms with E-state index in [2.05, 4.69) is 15.4 Å². The number of halogens is 4. The van der Waals surface area contributed by atoms with Gasteiger partial charge in [0.1, 0.15) is 5.75 Å². The minimum atomic E-state index is -4.70. The molecule has 1 aromatic carbocycles. The molecule has 136 valence electrons. The second kappa shape index (κ2) is 8.07. The standard InChI is InChI=1S/C16H15F3N2O2S.ClH/c17-16(18,19)23-12-3-1-11(2-4-12)13-5-6-14(24-13)15(22)21-9-10-7-20-8-10;/h1-6,10,20H,7-9H2,(H,21,22);1H. The molecular formula is C16H16ClF3N2O2S. The Labute approximate surface area is 152 Å². The molecule has 0 saturated carbocycles. The van der Waals surface area contributed by atoms with Crippen molar-refractivity contribution >= 4 is 29.7 Å². The normalized spacial score (nSPS) is 14.4. The molecule has 0 atom stereocenters. The van der Waals surface area contributed by atoms with E-state index in [0.717, 1.165) is 23.5 Å². The quantitative estimate of drug-likeness (QED) is 0.816. The first kappa shape index (κ1) is 19.6. The van der Waals surface area contributed by atoms with Gasteiger partial charge in [-0.2, -0.15) is 0 Å². The third-order valence-electron chi connectivity index (χ3n) is 3.62. The van der Waals surface area contributed by atoms with Crippen molar-refractivity contribution < 1.29 is 22.7 Å². The third kappa shape index (κ3) is 5.35. The maximum absolute atomic E-state index is 12.1. The monoisotopic (exact) mass is 392 g/mol. The molecule has 1 aromatic heterocycles. The Kier molecular flexibility index (Phi) is 6.31. The van der Waals surface area contributed by atoms with Crippen LogP contribution in [0.2, 0.25) is 0 Å². The summed E-state index contributed by atoms with van der Waals surface area (Å²) >= 11 is 1.30. The van der Waals surface area contributed by atoms with Gasteiger partial charge in [0.2, 0.25) is 0 Å². The number of rotatable bonds is 5. The number of nitrogens with one attached hydrogen (secondary N) is 2. The second-order valence-corrected chi connectivity index (χ2v) is 6.55. The first-order valence-electron chi connectivity index (χ1n) is 7.36. The zero-order chi connectivity index (χ0) is 17.2. The van der Waals surface area contributed by atoms with Crippen LogP contribution in [0.25, 0.3) is 10.4 Å². The van der Waals surface area contributed by atoms with Crippen LogP contribution in [-0.4, -0.2) is 31.9 Å². The third-order valence-corrected chi connectivity index (χ3v) is 4.75. The highest BCUT2D eigenvalue weighted by molar-refractivity contribution is 7.17. The van der Waals surface area contributed by atoms with Crippen LogP contribution in [0.3, 0.4) is 0 Å². The molecule has 0 aliphatic carbocycles. The predicted octanol–water partition coefficient (Wildman–Crippen LogP) is 3.68. The van der Waals surface area contributed by atoms with Crippen LogP contribution in [0.4, 0.5) is 13.2 Å². The molecule has 0 spiro atoms. The van der Waals surface area contributed by atoms with Crippen molar-refractivity contribution in [2.45, 2.75) is 6.36 Å². The summed E-state index contributed by atoms with van der Waals surface area (Å²) in [7, 11) is 0. The van der Waals surface area contributed by atoms with E-state index in [4.69, 9.17) is 0 Å². The summed E-state index contributed by atoms with van der Waals surface area (Å²) in [4.78, 5) is 13.5. The van der Waals surface area contributed by atoms with E-state index in [9.17, 15) is 18.0 Å². The molecule has 1 fully saturated rings. The highest BCUT2D eigenvalue weighted by atomic mass is 35.5. The molecule has 1 amide bonds. The minimum Gasteiger partial charge on any atom is -0.406 e. The molecule has 1 aliphatic rings. The lowest BCUT2D eigenvalue weighted by Gasteiger charge is -2.26. The molecule has 0 bridgehead atoms. The number of carbonyl (C=O) groups excluding carboxylic acids is 1. The van der Waals surface area contributed by atoms with Gasteiger partial charge >= 0.3 is 6.36 Å². The number of thiophene rings is 1. The van der Waals surface area contributed by atoms with Gasteiger partial charge in [0.25, 0.3) is 5.91 Å². The Balaban J connectivity index is 0.00000225. The van der Waals surface area contributed by atoms with E-state index in [1.807, 2.05) is 0 Å². The predicted molar refractivity (Wildman–Crippen MR) is 92.4 cm³/mol. The van der Waals surface area contributed by atoms with Gasteiger partial charge in [-0.25, -0.2) is 0 Å². The Morgan fingerprint density at radius 3 is 2.44 bits per heavy atom. The summed E-state index contributed by atoms with van der Waals surface area (Å²) < 4.78 is 40.3. The van der Waals surface area contributed by atoms with Crippen molar-refractivity contribution in [3.8, 4) is 16.2 Å². The van der Waals surface area contributed by atoms with E-state index in [1.54, 1.807) is 12.1 Å². The van der Waals surface area contributed by atoms with E-state index in [-0.39, 0.29) is 24.1 Å². The zero-order valence-electron chi connectivity index (χ0n) is 12.9. The highest BCUT2D eigenvalue weighted by Gasteiger charge is 2.31. The van der Waals surface area contributed by atoms with Gasteiger partial charge in [-0.15, -0.1) is 36.9 Å². The fraction of sp³-hybridized carbons (Fsp3) is 0.312. The molecule has 25 heavy (non-hydrogen) atoms. The molecule has 9 heteroatoms. The van der Waals surface area contributed by atoms with Crippen LogP contribution >= 0.6 is 23.7 Å². The van der Waals surface area contributed by atoms with Gasteiger partial charge in [0.15, 0.2) is 0 Å². The van der Waals surface area contributed by atoms with Crippen molar-refractivity contribution in [3.63, 3.8) is 0 Å². The van der Waals surface area contributed by atoms with Crippen molar-refractivity contribution in [1.82, 2.24) is 10.6 Å². The van der Waals surface area contributed by atoms with Gasteiger partial charge in [0, 0.05) is 30.4 Å². The lowest BCUT2D eigenvalue weighted by molar-refractivity contribution is -0.274. The molecule has 1 aliphatic heterocycles. The lowest BCUT2D eigenvalue weighted by atomic mass is 10.0. The highest BCUT2D eigenvalue weighted by Crippen LogP contribution is 2.30. The van der Waals surface area contributed by atoms with Gasteiger partial charge in [0.05, 0.1) is 4.88 Å². The van der Waals surface area contributed by atoms with Crippen LogP contribution in [0, 0.1) is 5.92 Å². The Bertz CT molecular complexity index is 715.